The number of hydrogen-bond donors (Lipinski definition) is 2. The Balaban J connectivity index is 2.70. The standard InChI is InChI=1S/C7H14N2O4S/c1-8-14(12,13)9-4-2-3-6(5-9)7(10)11/h6,8H,2-5H2,1H3,(H,10,11)/t6-/m0/s1. The monoisotopic (exact) mass is 222 g/mol. The fourth-order valence-electron chi connectivity index (χ4n) is 1.49. The molecule has 0 saturated carbocycles. The van der Waals surface area contributed by atoms with E-state index >= 15 is 0 Å². The average molecular weight is 222 g/mol. The molecule has 82 valence electrons. The van der Waals surface area contributed by atoms with Gasteiger partial charge in [-0.3, -0.25) is 4.79 Å². The maximum atomic E-state index is 11.3. The van der Waals surface area contributed by atoms with Crippen LogP contribution in [0, 0.1) is 5.92 Å². The van der Waals surface area contributed by atoms with Crippen LogP contribution in [0.15, 0.2) is 0 Å². The minimum absolute atomic E-state index is 0.0680. The Kier molecular flexibility index (Phi) is 3.46. The quantitative estimate of drug-likeness (QED) is 0.657. The Morgan fingerprint density at radius 1 is 1.57 bits per heavy atom. The molecule has 1 fully saturated rings. The minimum Gasteiger partial charge on any atom is -0.481 e. The minimum atomic E-state index is -3.47. The van der Waals surface area contributed by atoms with Crippen LogP contribution in [0.5, 0.6) is 0 Å². The van der Waals surface area contributed by atoms with Crippen molar-refractivity contribution in [1.29, 1.82) is 0 Å². The van der Waals surface area contributed by atoms with Gasteiger partial charge in [0.2, 0.25) is 0 Å². The highest BCUT2D eigenvalue weighted by atomic mass is 32.2. The SMILES string of the molecule is CNS(=O)(=O)N1CCC[C@H](C(=O)O)C1. The highest BCUT2D eigenvalue weighted by Gasteiger charge is 2.31. The molecule has 14 heavy (non-hydrogen) atoms. The summed E-state index contributed by atoms with van der Waals surface area (Å²) in [6, 6.07) is 0. The first-order chi connectivity index (χ1) is 6.47. The summed E-state index contributed by atoms with van der Waals surface area (Å²) in [5.74, 6) is -1.51. The van der Waals surface area contributed by atoms with Crippen molar-refractivity contribution < 1.29 is 18.3 Å². The van der Waals surface area contributed by atoms with Gasteiger partial charge in [-0.15, -0.1) is 0 Å². The van der Waals surface area contributed by atoms with E-state index in [0.29, 0.717) is 19.4 Å². The molecule has 2 N–H and O–H groups in total. The van der Waals surface area contributed by atoms with Crippen molar-refractivity contribution in [2.24, 2.45) is 5.92 Å². The van der Waals surface area contributed by atoms with E-state index in [-0.39, 0.29) is 6.54 Å². The Bertz CT molecular complexity index is 314. The molecule has 1 heterocycles. The molecule has 0 amide bonds. The van der Waals surface area contributed by atoms with E-state index in [0.717, 1.165) is 0 Å². The molecule has 0 unspecified atom stereocenters. The van der Waals surface area contributed by atoms with E-state index in [1.807, 2.05) is 0 Å². The zero-order valence-electron chi connectivity index (χ0n) is 7.93. The van der Waals surface area contributed by atoms with Crippen LogP contribution >= 0.6 is 0 Å². The molecular formula is C7H14N2O4S. The Morgan fingerprint density at radius 2 is 2.21 bits per heavy atom. The number of piperidine rings is 1. The van der Waals surface area contributed by atoms with Gasteiger partial charge in [0, 0.05) is 20.1 Å². The summed E-state index contributed by atoms with van der Waals surface area (Å²) in [4.78, 5) is 10.7. The van der Waals surface area contributed by atoms with Crippen LogP contribution in [0.4, 0.5) is 0 Å². The maximum absolute atomic E-state index is 11.3. The number of aliphatic carboxylic acids is 1. The van der Waals surface area contributed by atoms with Gasteiger partial charge >= 0.3 is 5.97 Å². The van der Waals surface area contributed by atoms with Crippen molar-refractivity contribution in [2.45, 2.75) is 12.8 Å². The molecule has 0 bridgehead atoms. The van der Waals surface area contributed by atoms with Gasteiger partial charge in [-0.1, -0.05) is 0 Å². The van der Waals surface area contributed by atoms with Gasteiger partial charge in [-0.25, -0.2) is 4.72 Å². The summed E-state index contributed by atoms with van der Waals surface area (Å²) >= 11 is 0. The zero-order valence-corrected chi connectivity index (χ0v) is 8.75. The van der Waals surface area contributed by atoms with Gasteiger partial charge in [0.1, 0.15) is 0 Å². The highest BCUT2D eigenvalue weighted by molar-refractivity contribution is 7.87. The van der Waals surface area contributed by atoms with Gasteiger partial charge in [-0.05, 0) is 12.8 Å². The van der Waals surface area contributed by atoms with Gasteiger partial charge in [-0.2, -0.15) is 12.7 Å². The van der Waals surface area contributed by atoms with Crippen LogP contribution in [0.2, 0.25) is 0 Å². The molecule has 1 aliphatic heterocycles. The van der Waals surface area contributed by atoms with Crippen LogP contribution in [0.1, 0.15) is 12.8 Å². The first kappa shape index (κ1) is 11.4. The van der Waals surface area contributed by atoms with Crippen molar-refractivity contribution in [3.05, 3.63) is 0 Å². The lowest BCUT2D eigenvalue weighted by molar-refractivity contribution is -0.142. The summed E-state index contributed by atoms with van der Waals surface area (Å²) < 4.78 is 26.0. The molecule has 1 aliphatic rings. The van der Waals surface area contributed by atoms with Crippen LogP contribution in [0.25, 0.3) is 0 Å². The third-order valence-corrected chi connectivity index (χ3v) is 3.86. The van der Waals surface area contributed by atoms with Crippen LogP contribution < -0.4 is 4.72 Å². The molecule has 0 radical (unpaired) electrons. The predicted octanol–water partition coefficient (Wildman–Crippen LogP) is -0.753. The van der Waals surface area contributed by atoms with Crippen molar-refractivity contribution in [2.75, 3.05) is 20.1 Å². The molecule has 0 aromatic heterocycles. The van der Waals surface area contributed by atoms with E-state index in [1.165, 1.54) is 11.4 Å². The van der Waals surface area contributed by atoms with Crippen LogP contribution in [-0.4, -0.2) is 43.9 Å². The second kappa shape index (κ2) is 4.24. The summed E-state index contributed by atoms with van der Waals surface area (Å²) in [5.41, 5.74) is 0. The molecule has 6 nitrogen and oxygen atoms in total. The first-order valence-corrected chi connectivity index (χ1v) is 5.83. The molecule has 0 aromatic carbocycles. The Morgan fingerprint density at radius 3 is 2.71 bits per heavy atom. The summed E-state index contributed by atoms with van der Waals surface area (Å²) in [7, 11) is -2.15. The second-order valence-corrected chi connectivity index (χ2v) is 5.12. The number of carboxylic acid groups (broad SMARTS) is 1. The van der Waals surface area contributed by atoms with Gasteiger partial charge in [0.25, 0.3) is 10.2 Å². The van der Waals surface area contributed by atoms with Crippen molar-refractivity contribution in [3.63, 3.8) is 0 Å². The van der Waals surface area contributed by atoms with E-state index < -0.39 is 22.1 Å². The zero-order chi connectivity index (χ0) is 10.8. The van der Waals surface area contributed by atoms with E-state index in [2.05, 4.69) is 4.72 Å². The fourth-order valence-corrected chi connectivity index (χ4v) is 2.50. The molecule has 7 heteroatoms. The van der Waals surface area contributed by atoms with Gasteiger partial charge in [0.05, 0.1) is 5.92 Å². The number of hydrogen-bond acceptors (Lipinski definition) is 3. The van der Waals surface area contributed by atoms with Crippen molar-refractivity contribution in [1.82, 2.24) is 9.03 Å². The molecule has 0 spiro atoms. The lowest BCUT2D eigenvalue weighted by Crippen LogP contribution is -2.46. The number of carboxylic acids is 1. The average Bonchev–Trinajstić information content (AvgIpc) is 2.18. The molecular weight excluding hydrogens is 208 g/mol. The summed E-state index contributed by atoms with van der Waals surface area (Å²) in [5, 5.41) is 8.75. The third-order valence-electron chi connectivity index (χ3n) is 2.33. The smallest absolute Gasteiger partial charge is 0.307 e. The largest absolute Gasteiger partial charge is 0.481 e. The first-order valence-electron chi connectivity index (χ1n) is 4.39. The van der Waals surface area contributed by atoms with E-state index in [1.54, 1.807) is 0 Å². The Hall–Kier alpha value is -0.660. The molecule has 0 aromatic rings. The molecule has 1 saturated heterocycles. The Labute approximate surface area is 83.1 Å². The van der Waals surface area contributed by atoms with Crippen molar-refractivity contribution in [3.8, 4) is 0 Å². The van der Waals surface area contributed by atoms with Crippen LogP contribution in [-0.2, 0) is 15.0 Å². The predicted molar refractivity (Wildman–Crippen MR) is 49.9 cm³/mol. The normalized spacial score (nSPS) is 24.8. The summed E-state index contributed by atoms with van der Waals surface area (Å²) in [6.07, 6.45) is 1.14. The van der Waals surface area contributed by atoms with Gasteiger partial charge < -0.3 is 5.11 Å². The topological polar surface area (TPSA) is 86.7 Å². The lowest BCUT2D eigenvalue weighted by Gasteiger charge is -2.29. The maximum Gasteiger partial charge on any atom is 0.307 e. The second-order valence-electron chi connectivity index (χ2n) is 3.24. The lowest BCUT2D eigenvalue weighted by atomic mass is 10.0. The van der Waals surface area contributed by atoms with E-state index in [9.17, 15) is 13.2 Å². The molecule has 1 atom stereocenters. The van der Waals surface area contributed by atoms with Crippen molar-refractivity contribution >= 4 is 16.2 Å². The summed E-state index contributed by atoms with van der Waals surface area (Å²) in [6.45, 7) is 0.464. The van der Waals surface area contributed by atoms with Crippen LogP contribution in [0.3, 0.4) is 0 Å². The fraction of sp³-hybridized carbons (Fsp3) is 0.857. The van der Waals surface area contributed by atoms with Gasteiger partial charge in [0.15, 0.2) is 0 Å². The molecule has 0 aliphatic carbocycles. The number of rotatable bonds is 3. The number of nitrogens with zero attached hydrogens (tertiary/aromatic N) is 1. The number of carbonyl (C=O) groups is 1. The third kappa shape index (κ3) is 2.43. The van der Waals surface area contributed by atoms with E-state index in [4.69, 9.17) is 5.11 Å². The number of nitrogens with one attached hydrogen (secondary N) is 1. The highest BCUT2D eigenvalue weighted by Crippen LogP contribution is 2.18. The molecule has 1 rings (SSSR count).